The summed E-state index contributed by atoms with van der Waals surface area (Å²) in [6.07, 6.45) is 5.13. The fourth-order valence-corrected chi connectivity index (χ4v) is 30.1. The van der Waals surface area contributed by atoms with Crippen molar-refractivity contribution in [3.8, 4) is 11.4 Å². The molecule has 52 heavy (non-hydrogen) atoms. The Kier molecular flexibility index (Phi) is 9.35. The minimum absolute atomic E-state index is 0. The number of fused-ring (bicyclic) bond motifs is 8. The molecule has 0 saturated carbocycles. The van der Waals surface area contributed by atoms with Crippen molar-refractivity contribution < 1.29 is 54.3 Å². The van der Waals surface area contributed by atoms with Crippen LogP contribution in [-0.4, -0.2) is 14.6 Å². The molecule has 6 aromatic carbocycles. The van der Waals surface area contributed by atoms with Gasteiger partial charge in [-0.05, 0) is 0 Å². The van der Waals surface area contributed by atoms with Crippen molar-refractivity contribution in [3.05, 3.63) is 167 Å². The summed E-state index contributed by atoms with van der Waals surface area (Å²) in [6.45, 7) is 10.1. The van der Waals surface area contributed by atoms with Gasteiger partial charge in [-0.2, -0.15) is 0 Å². The molecular weight excluding hydrogens is 860 g/mol. The molecule has 0 N–H and O–H groups in total. The molecule has 6 heteroatoms. The van der Waals surface area contributed by atoms with Crippen molar-refractivity contribution in [1.82, 2.24) is 9.13 Å². The van der Waals surface area contributed by atoms with Crippen LogP contribution in [0.15, 0.2) is 145 Å². The van der Waals surface area contributed by atoms with Gasteiger partial charge in [0.2, 0.25) is 0 Å². The smallest absolute Gasteiger partial charge is 1.00 e. The number of rotatable bonds is 4. The Balaban J connectivity index is 0.00000193. The van der Waals surface area contributed by atoms with Crippen molar-refractivity contribution in [2.75, 3.05) is 0 Å². The van der Waals surface area contributed by atoms with E-state index in [0.29, 0.717) is 7.25 Å². The molecule has 8 aromatic rings. The van der Waals surface area contributed by atoms with Crippen LogP contribution in [0.5, 0.6) is 0 Å². The second-order valence-corrected chi connectivity index (χ2v) is 32.3. The van der Waals surface area contributed by atoms with Crippen molar-refractivity contribution in [2.45, 2.75) is 34.2 Å². The van der Waals surface area contributed by atoms with Gasteiger partial charge in [-0.25, -0.2) is 0 Å². The van der Waals surface area contributed by atoms with Gasteiger partial charge in [0.05, 0.1) is 0 Å². The summed E-state index contributed by atoms with van der Waals surface area (Å²) < 4.78 is 6.19. The van der Waals surface area contributed by atoms with Crippen LogP contribution in [0.3, 0.4) is 0 Å². The molecule has 0 spiro atoms. The number of para-hydroxylation sites is 4. The number of benzene rings is 6. The predicted octanol–water partition coefficient (Wildman–Crippen LogP) is 6.37. The Labute approximate surface area is 334 Å². The largest absolute Gasteiger partial charge is 1.00 e. The molecule has 2 atom stereocenters. The van der Waals surface area contributed by atoms with Crippen LogP contribution in [0.2, 0.25) is 13.1 Å². The summed E-state index contributed by atoms with van der Waals surface area (Å²) in [7, 11) is 0. The summed E-state index contributed by atoms with van der Waals surface area (Å²) in [5, 5.41) is 5.29. The quantitative estimate of drug-likeness (QED) is 0.182. The minimum Gasteiger partial charge on any atom is -1.00 e. The van der Waals surface area contributed by atoms with E-state index < -0.39 is 25.8 Å². The molecule has 0 aliphatic heterocycles. The molecule has 2 nitrogen and oxygen atoms in total. The maximum atomic E-state index is 2.63. The first-order valence-electron chi connectivity index (χ1n) is 17.8. The molecule has 0 saturated heterocycles. The summed E-state index contributed by atoms with van der Waals surface area (Å²) in [5.41, 5.74) is 16.4. The van der Waals surface area contributed by atoms with Crippen LogP contribution in [-0.2, 0) is 20.4 Å². The molecule has 10 rings (SSSR count). The second-order valence-electron chi connectivity index (χ2n) is 14.4. The molecule has 0 amide bonds. The third-order valence-electron chi connectivity index (χ3n) is 11.4. The molecular formula is C46H38Br2N2SiZr. The van der Waals surface area contributed by atoms with Crippen LogP contribution in [0.1, 0.15) is 43.4 Å². The van der Waals surface area contributed by atoms with Crippen molar-refractivity contribution in [2.24, 2.45) is 0 Å². The molecule has 2 unspecified atom stereocenters. The van der Waals surface area contributed by atoms with E-state index in [0.717, 1.165) is 0 Å². The Bertz CT molecular complexity index is 2540. The van der Waals surface area contributed by atoms with Gasteiger partial charge in [0.15, 0.2) is 0 Å². The minimum atomic E-state index is -2.27. The SMILES string of the molecule is CC1=Cc2c(cccc2-n2c3ccccc3c3ccccc32)[CH]1[Zr+2]([CH]1C(C)=Cc2c1cccc2-n1c2ccccc2c2ccccc21)=[Si](C)C.[Br-].[Br-]. The van der Waals surface area contributed by atoms with Crippen molar-refractivity contribution in [3.63, 3.8) is 0 Å². The third-order valence-corrected chi connectivity index (χ3v) is 31.3. The van der Waals surface area contributed by atoms with Gasteiger partial charge >= 0.3 is 303 Å². The number of halogens is 2. The normalized spacial score (nSPS) is 15.8. The average Bonchev–Trinajstić information content (AvgIpc) is 3.86. The number of allylic oxidation sites excluding steroid dienone is 2. The first-order valence-corrected chi connectivity index (χ1v) is 26.8. The number of hydrogen-bond donors (Lipinski definition) is 0. The van der Waals surface area contributed by atoms with Crippen LogP contribution >= 0.6 is 0 Å². The molecule has 0 bridgehead atoms. The van der Waals surface area contributed by atoms with E-state index in [1.54, 1.807) is 22.3 Å². The van der Waals surface area contributed by atoms with E-state index >= 15 is 0 Å². The number of nitrogens with zero attached hydrogens (tertiary/aromatic N) is 2. The molecule has 254 valence electrons. The van der Waals surface area contributed by atoms with Gasteiger partial charge < -0.3 is 34.0 Å². The predicted molar refractivity (Wildman–Crippen MR) is 212 cm³/mol. The maximum Gasteiger partial charge on any atom is -1.00 e. The zero-order chi connectivity index (χ0) is 33.7. The van der Waals surface area contributed by atoms with E-state index in [-0.39, 0.29) is 34.0 Å². The standard InChI is InChI=1S/2C22H16N.C2H6Si.2BrH.Zr/c2*1-15-13-16-7-6-12-22(19(16)14-15)23-20-10-4-2-8-17(20)18-9-3-5-11-21(18)23;1-3-2;;;/h2*2-14H,1H3;1-2H3;2*1H;/q;;;;;+2/p-2. The maximum absolute atomic E-state index is 2.63. The van der Waals surface area contributed by atoms with Gasteiger partial charge in [0.25, 0.3) is 0 Å². The number of hydrogen-bond acceptors (Lipinski definition) is 0. The Morgan fingerprint density at radius 3 is 1.10 bits per heavy atom. The third kappa shape index (κ3) is 5.16. The summed E-state index contributed by atoms with van der Waals surface area (Å²) in [5.74, 6) is 0. The first kappa shape index (κ1) is 35.5. The zero-order valence-corrected chi connectivity index (χ0v) is 36.3. The van der Waals surface area contributed by atoms with E-state index in [9.17, 15) is 0 Å². The van der Waals surface area contributed by atoms with Crippen LogP contribution in [0.25, 0.3) is 67.1 Å². The average molecular weight is 898 g/mol. The van der Waals surface area contributed by atoms with Crippen molar-refractivity contribution >= 4 is 61.2 Å². The van der Waals surface area contributed by atoms with Gasteiger partial charge in [-0.3, -0.25) is 0 Å². The summed E-state index contributed by atoms with van der Waals surface area (Å²) in [6, 6.07) is 50.0. The molecule has 2 aliphatic rings. The molecule has 2 heterocycles. The Morgan fingerprint density at radius 2 is 0.769 bits per heavy atom. The summed E-state index contributed by atoms with van der Waals surface area (Å²) in [4.78, 5) is 0. The fraction of sp³-hybridized carbons (Fsp3) is 0.130. The van der Waals surface area contributed by atoms with Gasteiger partial charge in [-0.15, -0.1) is 0 Å². The monoisotopic (exact) mass is 894 g/mol. The van der Waals surface area contributed by atoms with Gasteiger partial charge in [0.1, 0.15) is 0 Å². The fourth-order valence-electron chi connectivity index (χ4n) is 9.40. The van der Waals surface area contributed by atoms with E-state index in [4.69, 9.17) is 0 Å². The van der Waals surface area contributed by atoms with Crippen LogP contribution in [0, 0.1) is 0 Å². The zero-order valence-electron chi connectivity index (χ0n) is 29.7. The Hall–Kier alpha value is -3.54. The Morgan fingerprint density at radius 1 is 0.442 bits per heavy atom. The summed E-state index contributed by atoms with van der Waals surface area (Å²) >= 11 is -2.27. The van der Waals surface area contributed by atoms with E-state index in [1.807, 2.05) is 0 Å². The molecule has 0 fully saturated rings. The van der Waals surface area contributed by atoms with Crippen LogP contribution in [0.4, 0.5) is 0 Å². The van der Waals surface area contributed by atoms with E-state index in [1.165, 1.54) is 66.1 Å². The molecule has 0 radical (unpaired) electrons. The van der Waals surface area contributed by atoms with Crippen molar-refractivity contribution in [1.29, 1.82) is 0 Å². The van der Waals surface area contributed by atoms with Gasteiger partial charge in [-0.1, -0.05) is 0 Å². The molecule has 2 aliphatic carbocycles. The second kappa shape index (κ2) is 13.7. The van der Waals surface area contributed by atoms with Gasteiger partial charge in [0, 0.05) is 0 Å². The molecule has 2 aromatic heterocycles. The topological polar surface area (TPSA) is 9.86 Å². The van der Waals surface area contributed by atoms with Crippen LogP contribution < -0.4 is 34.0 Å². The first-order chi connectivity index (χ1) is 24.5. The number of aromatic nitrogens is 2. The van der Waals surface area contributed by atoms with E-state index in [2.05, 4.69) is 182 Å².